The molecule has 1 aliphatic rings. The Morgan fingerprint density at radius 3 is 2.56 bits per heavy atom. The first-order valence-electron chi connectivity index (χ1n) is 5.32. The van der Waals surface area contributed by atoms with Gasteiger partial charge in [-0.05, 0) is 37.1 Å². The van der Waals surface area contributed by atoms with E-state index in [0.29, 0.717) is 18.8 Å². The fraction of sp³-hybridized carbons (Fsp3) is 0.417. The molecule has 1 aromatic rings. The van der Waals surface area contributed by atoms with Crippen LogP contribution in [0.2, 0.25) is 0 Å². The van der Waals surface area contributed by atoms with Crippen molar-refractivity contribution in [2.75, 3.05) is 6.61 Å². The normalized spacial score (nSPS) is 19.0. The third kappa shape index (κ3) is 1.96. The lowest BCUT2D eigenvalue weighted by atomic mass is 10.1. The molecular formula is C12H16N2O2. The number of fused-ring (bicyclic) bond motifs is 1. The molecule has 2 rings (SSSR count). The highest BCUT2D eigenvalue weighted by Gasteiger charge is 2.21. The maximum absolute atomic E-state index is 7.42. The van der Waals surface area contributed by atoms with Gasteiger partial charge in [0.05, 0.1) is 6.61 Å². The molecular weight excluding hydrogens is 204 g/mol. The molecule has 0 fully saturated rings. The summed E-state index contributed by atoms with van der Waals surface area (Å²) in [6.45, 7) is 4.58. The molecule has 0 aromatic heterocycles. The van der Waals surface area contributed by atoms with Crippen molar-refractivity contribution in [2.24, 2.45) is 5.73 Å². The van der Waals surface area contributed by atoms with Gasteiger partial charge in [-0.3, -0.25) is 5.41 Å². The van der Waals surface area contributed by atoms with Crippen molar-refractivity contribution < 1.29 is 9.47 Å². The van der Waals surface area contributed by atoms with Crippen molar-refractivity contribution in [3.63, 3.8) is 0 Å². The van der Waals surface area contributed by atoms with Gasteiger partial charge in [0.15, 0.2) is 17.6 Å². The fourth-order valence-electron chi connectivity index (χ4n) is 1.68. The SMILES string of the molecule is Cc1cc2c(cc1C)OC(C(=N)N)CCO2. The maximum Gasteiger partial charge on any atom is 0.162 e. The first kappa shape index (κ1) is 10.8. The van der Waals surface area contributed by atoms with E-state index in [1.807, 2.05) is 26.0 Å². The van der Waals surface area contributed by atoms with Crippen molar-refractivity contribution >= 4 is 5.84 Å². The van der Waals surface area contributed by atoms with Gasteiger partial charge in [0.2, 0.25) is 0 Å². The van der Waals surface area contributed by atoms with Gasteiger partial charge >= 0.3 is 0 Å². The average molecular weight is 220 g/mol. The summed E-state index contributed by atoms with van der Waals surface area (Å²) in [6, 6.07) is 3.90. The Morgan fingerprint density at radius 2 is 1.94 bits per heavy atom. The molecule has 4 nitrogen and oxygen atoms in total. The Balaban J connectivity index is 2.36. The van der Waals surface area contributed by atoms with Crippen LogP contribution in [0, 0.1) is 19.3 Å². The Labute approximate surface area is 94.9 Å². The van der Waals surface area contributed by atoms with E-state index in [1.54, 1.807) is 0 Å². The fourth-order valence-corrected chi connectivity index (χ4v) is 1.68. The van der Waals surface area contributed by atoms with Gasteiger partial charge in [-0.15, -0.1) is 0 Å². The highest BCUT2D eigenvalue weighted by atomic mass is 16.5. The molecule has 0 bridgehead atoms. The summed E-state index contributed by atoms with van der Waals surface area (Å²) in [7, 11) is 0. The molecule has 0 amide bonds. The number of aryl methyl sites for hydroxylation is 2. The summed E-state index contributed by atoms with van der Waals surface area (Å²) in [5.74, 6) is 1.47. The second kappa shape index (κ2) is 4.04. The first-order valence-corrected chi connectivity index (χ1v) is 5.32. The van der Waals surface area contributed by atoms with Gasteiger partial charge in [-0.1, -0.05) is 0 Å². The zero-order valence-corrected chi connectivity index (χ0v) is 9.54. The van der Waals surface area contributed by atoms with E-state index in [9.17, 15) is 0 Å². The molecule has 0 radical (unpaired) electrons. The van der Waals surface area contributed by atoms with Crippen LogP contribution >= 0.6 is 0 Å². The van der Waals surface area contributed by atoms with Crippen LogP contribution in [0.4, 0.5) is 0 Å². The largest absolute Gasteiger partial charge is 0.490 e. The van der Waals surface area contributed by atoms with Crippen LogP contribution in [0.15, 0.2) is 12.1 Å². The standard InChI is InChI=1S/C12H16N2O2/c1-7-5-10-11(6-8(7)2)16-9(12(13)14)3-4-15-10/h5-6,9H,3-4H2,1-2H3,(H3,13,14). The third-order valence-electron chi connectivity index (χ3n) is 2.81. The highest BCUT2D eigenvalue weighted by molar-refractivity contribution is 5.82. The van der Waals surface area contributed by atoms with Gasteiger partial charge in [-0.2, -0.15) is 0 Å². The molecule has 1 heterocycles. The average Bonchev–Trinajstić information content (AvgIpc) is 2.41. The van der Waals surface area contributed by atoms with Gasteiger partial charge in [-0.25, -0.2) is 0 Å². The molecule has 0 spiro atoms. The number of nitrogens with two attached hydrogens (primary N) is 1. The van der Waals surface area contributed by atoms with Crippen LogP contribution in [0.25, 0.3) is 0 Å². The number of ether oxygens (including phenoxy) is 2. The molecule has 0 aliphatic carbocycles. The number of nitrogens with one attached hydrogen (secondary N) is 1. The smallest absolute Gasteiger partial charge is 0.162 e. The molecule has 0 saturated carbocycles. The second-order valence-corrected chi connectivity index (χ2v) is 4.08. The van der Waals surface area contributed by atoms with Crippen LogP contribution in [0.3, 0.4) is 0 Å². The van der Waals surface area contributed by atoms with Crippen molar-refractivity contribution in [2.45, 2.75) is 26.4 Å². The van der Waals surface area contributed by atoms with Crippen LogP contribution < -0.4 is 15.2 Å². The van der Waals surface area contributed by atoms with Crippen LogP contribution in [0.5, 0.6) is 11.5 Å². The maximum atomic E-state index is 7.42. The van der Waals surface area contributed by atoms with E-state index < -0.39 is 0 Å². The molecule has 1 aliphatic heterocycles. The Morgan fingerprint density at radius 1 is 1.31 bits per heavy atom. The summed E-state index contributed by atoms with van der Waals surface area (Å²) in [6.07, 6.45) is 0.241. The monoisotopic (exact) mass is 220 g/mol. The van der Waals surface area contributed by atoms with E-state index in [0.717, 1.165) is 11.3 Å². The lowest BCUT2D eigenvalue weighted by molar-refractivity contribution is 0.250. The van der Waals surface area contributed by atoms with Crippen LogP contribution in [-0.2, 0) is 0 Å². The molecule has 16 heavy (non-hydrogen) atoms. The molecule has 1 aromatic carbocycles. The summed E-state index contributed by atoms with van der Waals surface area (Å²) < 4.78 is 11.3. The van der Waals surface area contributed by atoms with Gasteiger partial charge < -0.3 is 15.2 Å². The summed E-state index contributed by atoms with van der Waals surface area (Å²) in [4.78, 5) is 0. The Hall–Kier alpha value is -1.71. The molecule has 4 heteroatoms. The molecule has 3 N–H and O–H groups in total. The van der Waals surface area contributed by atoms with E-state index in [1.165, 1.54) is 5.56 Å². The Bertz CT molecular complexity index is 429. The van der Waals surface area contributed by atoms with Crippen molar-refractivity contribution in [1.82, 2.24) is 0 Å². The van der Waals surface area contributed by atoms with Crippen LogP contribution in [-0.4, -0.2) is 18.5 Å². The summed E-state index contributed by atoms with van der Waals surface area (Å²) in [5, 5.41) is 7.42. The number of amidine groups is 1. The van der Waals surface area contributed by atoms with Crippen molar-refractivity contribution in [1.29, 1.82) is 5.41 Å². The zero-order chi connectivity index (χ0) is 11.7. The summed E-state index contributed by atoms with van der Waals surface area (Å²) in [5.41, 5.74) is 7.78. The number of rotatable bonds is 1. The Kier molecular flexibility index (Phi) is 2.73. The molecule has 1 unspecified atom stereocenters. The van der Waals surface area contributed by atoms with E-state index >= 15 is 0 Å². The van der Waals surface area contributed by atoms with Crippen molar-refractivity contribution in [3.05, 3.63) is 23.3 Å². The minimum atomic E-state index is -0.372. The predicted molar refractivity (Wildman–Crippen MR) is 62.4 cm³/mol. The predicted octanol–water partition coefficient (Wildman–Crippen LogP) is 1.77. The van der Waals surface area contributed by atoms with Gasteiger partial charge in [0.25, 0.3) is 0 Å². The minimum Gasteiger partial charge on any atom is -0.490 e. The number of hydrogen-bond donors (Lipinski definition) is 2. The van der Waals surface area contributed by atoms with E-state index in [-0.39, 0.29) is 11.9 Å². The summed E-state index contributed by atoms with van der Waals surface area (Å²) >= 11 is 0. The molecule has 86 valence electrons. The van der Waals surface area contributed by atoms with Crippen molar-refractivity contribution in [3.8, 4) is 11.5 Å². The third-order valence-corrected chi connectivity index (χ3v) is 2.81. The molecule has 0 saturated heterocycles. The topological polar surface area (TPSA) is 68.3 Å². The van der Waals surface area contributed by atoms with E-state index in [2.05, 4.69) is 0 Å². The zero-order valence-electron chi connectivity index (χ0n) is 9.54. The first-order chi connectivity index (χ1) is 7.58. The minimum absolute atomic E-state index is 0.0506. The number of benzene rings is 1. The number of hydrogen-bond acceptors (Lipinski definition) is 3. The quantitative estimate of drug-likeness (QED) is 0.560. The second-order valence-electron chi connectivity index (χ2n) is 4.08. The van der Waals surface area contributed by atoms with Gasteiger partial charge in [0, 0.05) is 6.42 Å². The van der Waals surface area contributed by atoms with Gasteiger partial charge in [0.1, 0.15) is 5.84 Å². The lowest BCUT2D eigenvalue weighted by Crippen LogP contribution is -2.33. The highest BCUT2D eigenvalue weighted by Crippen LogP contribution is 2.33. The van der Waals surface area contributed by atoms with E-state index in [4.69, 9.17) is 20.6 Å². The molecule has 1 atom stereocenters. The van der Waals surface area contributed by atoms with Crippen LogP contribution in [0.1, 0.15) is 17.5 Å². The lowest BCUT2D eigenvalue weighted by Gasteiger charge is -2.15.